The van der Waals surface area contributed by atoms with Gasteiger partial charge < -0.3 is 10.8 Å². The third-order valence-electron chi connectivity index (χ3n) is 2.59. The summed E-state index contributed by atoms with van der Waals surface area (Å²) in [5.41, 5.74) is 8.85. The third-order valence-corrected chi connectivity index (χ3v) is 2.59. The number of nitrogens with two attached hydrogens (primary N) is 1. The van der Waals surface area contributed by atoms with Crippen LogP contribution in [0.15, 0.2) is 18.2 Å². The van der Waals surface area contributed by atoms with Gasteiger partial charge in [-0.25, -0.2) is 0 Å². The Kier molecular flexibility index (Phi) is 3.48. The Morgan fingerprint density at radius 3 is 2.13 bits per heavy atom. The lowest BCUT2D eigenvalue weighted by Crippen LogP contribution is -2.35. The average molecular weight is 207 g/mol. The molecule has 0 radical (unpaired) electrons. The van der Waals surface area contributed by atoms with Crippen molar-refractivity contribution >= 4 is 5.97 Å². The fourth-order valence-corrected chi connectivity index (χ4v) is 1.69. The van der Waals surface area contributed by atoms with Crippen molar-refractivity contribution in [1.82, 2.24) is 0 Å². The van der Waals surface area contributed by atoms with Gasteiger partial charge in [-0.15, -0.1) is 0 Å². The monoisotopic (exact) mass is 207 g/mol. The highest BCUT2D eigenvalue weighted by Crippen LogP contribution is 2.21. The smallest absolute Gasteiger partial charge is 0.321 e. The normalized spacial score (nSPS) is 14.7. The van der Waals surface area contributed by atoms with E-state index in [4.69, 9.17) is 10.8 Å². The van der Waals surface area contributed by atoms with Crippen LogP contribution >= 0.6 is 0 Å². The van der Waals surface area contributed by atoms with Crippen LogP contribution in [-0.4, -0.2) is 17.1 Å². The molecule has 0 aliphatic carbocycles. The molecule has 2 atom stereocenters. The van der Waals surface area contributed by atoms with Crippen LogP contribution in [0.4, 0.5) is 0 Å². The Morgan fingerprint density at radius 2 is 1.73 bits per heavy atom. The number of aliphatic carboxylic acids is 1. The van der Waals surface area contributed by atoms with Gasteiger partial charge in [-0.1, -0.05) is 36.2 Å². The molecule has 0 aromatic heterocycles. The lowest BCUT2D eigenvalue weighted by atomic mass is 9.91. The van der Waals surface area contributed by atoms with Crippen molar-refractivity contribution in [3.63, 3.8) is 0 Å². The molecule has 0 aliphatic heterocycles. The molecule has 3 nitrogen and oxygen atoms in total. The summed E-state index contributed by atoms with van der Waals surface area (Å²) in [7, 11) is 0. The van der Waals surface area contributed by atoms with E-state index in [0.717, 1.165) is 16.7 Å². The van der Waals surface area contributed by atoms with Gasteiger partial charge in [0.25, 0.3) is 0 Å². The highest BCUT2D eigenvalue weighted by molar-refractivity contribution is 5.74. The van der Waals surface area contributed by atoms with Crippen molar-refractivity contribution in [3.8, 4) is 0 Å². The van der Waals surface area contributed by atoms with Gasteiger partial charge in [-0.3, -0.25) is 4.79 Å². The lowest BCUT2D eigenvalue weighted by molar-refractivity contribution is -0.139. The van der Waals surface area contributed by atoms with Gasteiger partial charge in [0, 0.05) is 5.92 Å². The predicted molar refractivity (Wildman–Crippen MR) is 59.9 cm³/mol. The van der Waals surface area contributed by atoms with E-state index in [2.05, 4.69) is 6.07 Å². The highest BCUT2D eigenvalue weighted by Gasteiger charge is 2.21. The van der Waals surface area contributed by atoms with E-state index in [-0.39, 0.29) is 5.92 Å². The molecule has 0 heterocycles. The summed E-state index contributed by atoms with van der Waals surface area (Å²) in [6, 6.07) is 5.19. The Bertz CT molecular complexity index is 354. The number of hydrogen-bond donors (Lipinski definition) is 2. The number of rotatable bonds is 3. The highest BCUT2D eigenvalue weighted by atomic mass is 16.4. The zero-order chi connectivity index (χ0) is 11.6. The summed E-state index contributed by atoms with van der Waals surface area (Å²) in [6.45, 7) is 5.83. The minimum Gasteiger partial charge on any atom is -0.480 e. The molecule has 82 valence electrons. The van der Waals surface area contributed by atoms with Gasteiger partial charge in [0.05, 0.1) is 0 Å². The van der Waals surface area contributed by atoms with Gasteiger partial charge >= 0.3 is 5.97 Å². The van der Waals surface area contributed by atoms with Crippen molar-refractivity contribution < 1.29 is 9.90 Å². The van der Waals surface area contributed by atoms with Gasteiger partial charge in [0.2, 0.25) is 0 Å². The van der Waals surface area contributed by atoms with Crippen LogP contribution in [0, 0.1) is 13.8 Å². The van der Waals surface area contributed by atoms with Crippen LogP contribution in [0.25, 0.3) is 0 Å². The summed E-state index contributed by atoms with van der Waals surface area (Å²) < 4.78 is 0. The molecule has 0 aliphatic rings. The first kappa shape index (κ1) is 11.7. The van der Waals surface area contributed by atoms with Gasteiger partial charge in [0.1, 0.15) is 6.04 Å². The van der Waals surface area contributed by atoms with Gasteiger partial charge in [0.15, 0.2) is 0 Å². The first-order valence-corrected chi connectivity index (χ1v) is 4.98. The molecule has 1 aromatic rings. The van der Waals surface area contributed by atoms with Crippen LogP contribution in [0.3, 0.4) is 0 Å². The average Bonchev–Trinajstić information content (AvgIpc) is 2.13. The Balaban J connectivity index is 3.00. The molecule has 1 rings (SSSR count). The van der Waals surface area contributed by atoms with E-state index in [1.54, 1.807) is 0 Å². The van der Waals surface area contributed by atoms with Crippen molar-refractivity contribution in [1.29, 1.82) is 0 Å². The lowest BCUT2D eigenvalue weighted by Gasteiger charge is -2.17. The van der Waals surface area contributed by atoms with Crippen molar-refractivity contribution in [2.45, 2.75) is 32.7 Å². The van der Waals surface area contributed by atoms with Gasteiger partial charge in [-0.05, 0) is 19.4 Å². The second kappa shape index (κ2) is 4.45. The summed E-state index contributed by atoms with van der Waals surface area (Å²) in [5, 5.41) is 8.83. The topological polar surface area (TPSA) is 63.3 Å². The molecule has 2 unspecified atom stereocenters. The fraction of sp³-hybridized carbons (Fsp3) is 0.417. The Morgan fingerprint density at radius 1 is 1.27 bits per heavy atom. The van der Waals surface area contributed by atoms with E-state index in [0.29, 0.717) is 0 Å². The van der Waals surface area contributed by atoms with E-state index in [1.165, 1.54) is 0 Å². The first-order chi connectivity index (χ1) is 6.91. The maximum Gasteiger partial charge on any atom is 0.321 e. The quantitative estimate of drug-likeness (QED) is 0.794. The SMILES string of the molecule is Cc1cc(C)cc(C(C)C(N)C(=O)O)c1. The number of carbonyl (C=O) groups is 1. The van der Waals surface area contributed by atoms with E-state index in [1.807, 2.05) is 32.9 Å². The summed E-state index contributed by atoms with van der Waals surface area (Å²) >= 11 is 0. The molecular weight excluding hydrogens is 190 g/mol. The molecule has 1 aromatic carbocycles. The van der Waals surface area contributed by atoms with Gasteiger partial charge in [-0.2, -0.15) is 0 Å². The first-order valence-electron chi connectivity index (χ1n) is 4.98. The molecule has 0 spiro atoms. The third kappa shape index (κ3) is 2.80. The van der Waals surface area contributed by atoms with Crippen LogP contribution < -0.4 is 5.73 Å². The molecule has 15 heavy (non-hydrogen) atoms. The molecule has 0 saturated heterocycles. The molecule has 3 N–H and O–H groups in total. The Labute approximate surface area is 89.9 Å². The standard InChI is InChI=1S/C12H17NO2/c1-7-4-8(2)6-10(5-7)9(3)11(13)12(14)15/h4-6,9,11H,13H2,1-3H3,(H,14,15). The zero-order valence-corrected chi connectivity index (χ0v) is 9.32. The summed E-state index contributed by atoms with van der Waals surface area (Å²) in [5.74, 6) is -1.12. The largest absolute Gasteiger partial charge is 0.480 e. The molecular formula is C12H17NO2. The number of carboxylic acid groups (broad SMARTS) is 1. The second-order valence-corrected chi connectivity index (χ2v) is 4.07. The van der Waals surface area contributed by atoms with Crippen LogP contribution in [0.2, 0.25) is 0 Å². The maximum absolute atomic E-state index is 10.8. The summed E-state index contributed by atoms with van der Waals surface area (Å²) in [4.78, 5) is 10.8. The molecule has 0 amide bonds. The maximum atomic E-state index is 10.8. The predicted octanol–water partition coefficient (Wildman–Crippen LogP) is 1.82. The van der Waals surface area contributed by atoms with E-state index >= 15 is 0 Å². The van der Waals surface area contributed by atoms with Crippen LogP contribution in [0.1, 0.15) is 29.5 Å². The molecule has 0 saturated carbocycles. The zero-order valence-electron chi connectivity index (χ0n) is 9.32. The van der Waals surface area contributed by atoms with Crippen molar-refractivity contribution in [2.75, 3.05) is 0 Å². The van der Waals surface area contributed by atoms with Crippen LogP contribution in [-0.2, 0) is 4.79 Å². The Hall–Kier alpha value is -1.35. The van der Waals surface area contributed by atoms with Crippen molar-refractivity contribution in [3.05, 3.63) is 34.9 Å². The summed E-state index contributed by atoms with van der Waals surface area (Å²) in [6.07, 6.45) is 0. The fourth-order valence-electron chi connectivity index (χ4n) is 1.69. The minimum absolute atomic E-state index is 0.166. The number of aryl methyl sites for hydroxylation is 2. The second-order valence-electron chi connectivity index (χ2n) is 4.07. The molecule has 0 fully saturated rings. The number of carboxylic acids is 1. The minimum atomic E-state index is -0.957. The molecule has 3 heteroatoms. The van der Waals surface area contributed by atoms with Crippen molar-refractivity contribution in [2.24, 2.45) is 5.73 Å². The van der Waals surface area contributed by atoms with E-state index < -0.39 is 12.0 Å². The number of hydrogen-bond acceptors (Lipinski definition) is 2. The van der Waals surface area contributed by atoms with E-state index in [9.17, 15) is 4.79 Å². The number of benzene rings is 1. The molecule has 0 bridgehead atoms. The van der Waals surface area contributed by atoms with Crippen LogP contribution in [0.5, 0.6) is 0 Å².